The van der Waals surface area contributed by atoms with Crippen molar-refractivity contribution in [2.24, 2.45) is 0 Å². The summed E-state index contributed by atoms with van der Waals surface area (Å²) >= 11 is 1.58. The molecule has 1 aliphatic heterocycles. The highest BCUT2D eigenvalue weighted by atomic mass is 32.2. The lowest BCUT2D eigenvalue weighted by molar-refractivity contribution is 0.181. The van der Waals surface area contributed by atoms with Crippen LogP contribution in [0.3, 0.4) is 0 Å². The van der Waals surface area contributed by atoms with Gasteiger partial charge in [-0.2, -0.15) is 4.31 Å². The molecule has 1 aromatic heterocycles. The smallest absolute Gasteiger partial charge is 0.246 e. The summed E-state index contributed by atoms with van der Waals surface area (Å²) < 4.78 is 51.5. The van der Waals surface area contributed by atoms with E-state index in [4.69, 9.17) is 14.5 Å². The van der Waals surface area contributed by atoms with Gasteiger partial charge in [0.25, 0.3) is 0 Å². The fourth-order valence-electron chi connectivity index (χ4n) is 3.59. The normalized spacial score (nSPS) is 15.6. The van der Waals surface area contributed by atoms with Gasteiger partial charge >= 0.3 is 0 Å². The van der Waals surface area contributed by atoms with Crippen LogP contribution in [-0.2, 0) is 16.6 Å². The van der Waals surface area contributed by atoms with Crippen molar-refractivity contribution in [2.75, 3.05) is 40.4 Å². The lowest BCUT2D eigenvalue weighted by Gasteiger charge is -2.33. The van der Waals surface area contributed by atoms with Crippen molar-refractivity contribution in [3.63, 3.8) is 0 Å². The summed E-state index contributed by atoms with van der Waals surface area (Å²) in [6, 6.07) is 11.3. The molecular formula is C22H24FN3O4S2. The Labute approximate surface area is 191 Å². The lowest BCUT2D eigenvalue weighted by Crippen LogP contribution is -2.48. The molecule has 4 rings (SSSR count). The van der Waals surface area contributed by atoms with E-state index in [2.05, 4.69) is 4.90 Å². The predicted octanol–water partition coefficient (Wildman–Crippen LogP) is 3.47. The summed E-state index contributed by atoms with van der Waals surface area (Å²) in [4.78, 5) is 6.75. The average molecular weight is 478 g/mol. The van der Waals surface area contributed by atoms with Crippen molar-refractivity contribution >= 4 is 21.4 Å². The van der Waals surface area contributed by atoms with Gasteiger partial charge < -0.3 is 9.47 Å². The highest BCUT2D eigenvalue weighted by molar-refractivity contribution is 7.89. The number of ether oxygens (including phenoxy) is 2. The van der Waals surface area contributed by atoms with Crippen LogP contribution in [0.15, 0.2) is 52.7 Å². The number of hydrogen-bond acceptors (Lipinski definition) is 7. The largest absolute Gasteiger partial charge is 0.497 e. The van der Waals surface area contributed by atoms with Crippen LogP contribution in [0.5, 0.6) is 11.5 Å². The minimum absolute atomic E-state index is 0.141. The van der Waals surface area contributed by atoms with Crippen molar-refractivity contribution in [2.45, 2.75) is 11.4 Å². The maximum Gasteiger partial charge on any atom is 0.246 e. The second-order valence-electron chi connectivity index (χ2n) is 7.33. The third kappa shape index (κ3) is 4.78. The molecule has 10 heteroatoms. The Hall–Kier alpha value is -2.53. The van der Waals surface area contributed by atoms with Crippen LogP contribution >= 0.6 is 11.3 Å². The maximum atomic E-state index is 13.7. The fraction of sp³-hybridized carbons (Fsp3) is 0.318. The van der Waals surface area contributed by atoms with Crippen LogP contribution in [0.1, 0.15) is 5.01 Å². The van der Waals surface area contributed by atoms with Gasteiger partial charge in [-0.1, -0.05) is 0 Å². The molecule has 0 atom stereocenters. The van der Waals surface area contributed by atoms with Gasteiger partial charge in [-0.3, -0.25) is 4.90 Å². The molecule has 0 unspecified atom stereocenters. The maximum absolute atomic E-state index is 13.7. The SMILES string of the molecule is COc1ccc(-c2csc(CN3CCN(S(=O)(=O)c4cc(F)ccc4OC)CC3)n2)cc1. The number of halogens is 1. The molecule has 0 N–H and O–H groups in total. The first-order valence-electron chi connectivity index (χ1n) is 10.1. The molecule has 3 aromatic rings. The lowest BCUT2D eigenvalue weighted by atomic mass is 10.2. The number of methoxy groups -OCH3 is 2. The minimum Gasteiger partial charge on any atom is -0.497 e. The van der Waals surface area contributed by atoms with E-state index in [0.29, 0.717) is 32.7 Å². The second kappa shape index (κ2) is 9.53. The molecule has 0 spiro atoms. The summed E-state index contributed by atoms with van der Waals surface area (Å²) in [6.45, 7) is 2.41. The number of thiazole rings is 1. The molecule has 170 valence electrons. The van der Waals surface area contributed by atoms with Crippen LogP contribution in [0, 0.1) is 5.82 Å². The highest BCUT2D eigenvalue weighted by Gasteiger charge is 2.31. The molecule has 2 heterocycles. The summed E-state index contributed by atoms with van der Waals surface area (Å²) in [5.74, 6) is 0.329. The van der Waals surface area contributed by atoms with Gasteiger partial charge in [-0.05, 0) is 42.5 Å². The Morgan fingerprint density at radius 3 is 2.41 bits per heavy atom. The number of nitrogens with zero attached hydrogens (tertiary/aromatic N) is 3. The van der Waals surface area contributed by atoms with Crippen LogP contribution in [0.25, 0.3) is 11.3 Å². The van der Waals surface area contributed by atoms with Gasteiger partial charge in [-0.15, -0.1) is 11.3 Å². The molecular weight excluding hydrogens is 453 g/mol. The second-order valence-corrected chi connectivity index (χ2v) is 10.2. The summed E-state index contributed by atoms with van der Waals surface area (Å²) in [5.41, 5.74) is 1.93. The summed E-state index contributed by atoms with van der Waals surface area (Å²) in [7, 11) is -0.835. The molecule has 1 saturated heterocycles. The van der Waals surface area contributed by atoms with Gasteiger partial charge in [-0.25, -0.2) is 17.8 Å². The first kappa shape index (κ1) is 22.7. The summed E-state index contributed by atoms with van der Waals surface area (Å²) in [5, 5.41) is 2.99. The molecule has 1 aliphatic rings. The molecule has 2 aromatic carbocycles. The molecule has 0 bridgehead atoms. The van der Waals surface area contributed by atoms with Crippen molar-refractivity contribution in [3.05, 3.63) is 58.7 Å². The van der Waals surface area contributed by atoms with Crippen LogP contribution in [-0.4, -0.2) is 63.0 Å². The monoisotopic (exact) mass is 477 g/mol. The Morgan fingerprint density at radius 2 is 1.75 bits per heavy atom. The average Bonchev–Trinajstić information content (AvgIpc) is 3.28. The van der Waals surface area contributed by atoms with Gasteiger partial charge in [0, 0.05) is 37.1 Å². The topological polar surface area (TPSA) is 72.0 Å². The number of rotatable bonds is 7. The fourth-order valence-corrected chi connectivity index (χ4v) is 6.02. The zero-order valence-electron chi connectivity index (χ0n) is 17.8. The van der Waals surface area contributed by atoms with Crippen LogP contribution in [0.4, 0.5) is 4.39 Å². The molecule has 32 heavy (non-hydrogen) atoms. The van der Waals surface area contributed by atoms with E-state index in [9.17, 15) is 12.8 Å². The van der Waals surface area contributed by atoms with Crippen LogP contribution in [0.2, 0.25) is 0 Å². The Bertz CT molecular complexity index is 1170. The van der Waals surface area contributed by atoms with E-state index in [1.807, 2.05) is 29.6 Å². The first-order valence-corrected chi connectivity index (χ1v) is 12.4. The summed E-state index contributed by atoms with van der Waals surface area (Å²) in [6.07, 6.45) is 0. The molecule has 0 radical (unpaired) electrons. The predicted molar refractivity (Wildman–Crippen MR) is 121 cm³/mol. The highest BCUT2D eigenvalue weighted by Crippen LogP contribution is 2.29. The molecule has 0 saturated carbocycles. The van der Waals surface area contributed by atoms with Crippen molar-refractivity contribution < 1.29 is 22.3 Å². The third-order valence-electron chi connectivity index (χ3n) is 5.37. The van der Waals surface area contributed by atoms with Gasteiger partial charge in [0.05, 0.1) is 26.5 Å². The Balaban J connectivity index is 1.39. The zero-order valence-corrected chi connectivity index (χ0v) is 19.5. The number of benzene rings is 2. The number of hydrogen-bond donors (Lipinski definition) is 0. The van der Waals surface area contributed by atoms with Gasteiger partial charge in [0.15, 0.2) is 0 Å². The number of piperazine rings is 1. The van der Waals surface area contributed by atoms with E-state index < -0.39 is 15.8 Å². The minimum atomic E-state index is -3.84. The first-order chi connectivity index (χ1) is 15.4. The van der Waals surface area contributed by atoms with E-state index in [-0.39, 0.29) is 10.6 Å². The third-order valence-corrected chi connectivity index (χ3v) is 8.12. The van der Waals surface area contributed by atoms with E-state index in [1.165, 1.54) is 23.5 Å². The molecule has 0 amide bonds. The Morgan fingerprint density at radius 1 is 1.03 bits per heavy atom. The van der Waals surface area contributed by atoms with E-state index in [1.54, 1.807) is 18.4 Å². The van der Waals surface area contributed by atoms with Crippen molar-refractivity contribution in [3.8, 4) is 22.8 Å². The standard InChI is InChI=1S/C22H24FN3O4S2/c1-29-18-6-3-16(4-7-18)19-15-31-22(24-19)14-25-9-11-26(12-10-25)32(27,28)21-13-17(23)5-8-20(21)30-2/h3-8,13,15H,9-12,14H2,1-2H3. The van der Waals surface area contributed by atoms with Gasteiger partial charge in [0.2, 0.25) is 10.0 Å². The van der Waals surface area contributed by atoms with Crippen molar-refractivity contribution in [1.82, 2.24) is 14.2 Å². The molecule has 0 aliphatic carbocycles. The number of aromatic nitrogens is 1. The van der Waals surface area contributed by atoms with Crippen LogP contribution < -0.4 is 9.47 Å². The molecule has 7 nitrogen and oxygen atoms in total. The van der Waals surface area contributed by atoms with Crippen molar-refractivity contribution in [1.29, 1.82) is 0 Å². The van der Waals surface area contributed by atoms with E-state index in [0.717, 1.165) is 28.1 Å². The molecule has 1 fully saturated rings. The van der Waals surface area contributed by atoms with Gasteiger partial charge in [0.1, 0.15) is 27.2 Å². The van der Waals surface area contributed by atoms with E-state index >= 15 is 0 Å². The quantitative estimate of drug-likeness (QED) is 0.519. The Kier molecular flexibility index (Phi) is 6.75. The zero-order chi connectivity index (χ0) is 22.7. The number of sulfonamides is 1.